The fourth-order valence-corrected chi connectivity index (χ4v) is 1.70. The Morgan fingerprint density at radius 2 is 2.15 bits per heavy atom. The second-order valence-corrected chi connectivity index (χ2v) is 3.81. The van der Waals surface area contributed by atoms with Crippen molar-refractivity contribution in [2.45, 2.75) is 13.8 Å². The van der Waals surface area contributed by atoms with Gasteiger partial charge in [0.2, 0.25) is 0 Å². The molecule has 0 bridgehead atoms. The molecule has 0 radical (unpaired) electrons. The molecule has 0 saturated carbocycles. The van der Waals surface area contributed by atoms with Crippen molar-refractivity contribution in [3.8, 4) is 0 Å². The van der Waals surface area contributed by atoms with E-state index in [1.807, 2.05) is 19.9 Å². The highest BCUT2D eigenvalue weighted by atomic mass is 79.9. The summed E-state index contributed by atoms with van der Waals surface area (Å²) < 4.78 is 5.96. The Kier molecular flexibility index (Phi) is 1.80. The van der Waals surface area contributed by atoms with Gasteiger partial charge in [-0.3, -0.25) is 4.98 Å². The minimum atomic E-state index is -0.407. The van der Waals surface area contributed by atoms with Crippen LogP contribution < -0.4 is 5.76 Å². The lowest BCUT2D eigenvalue weighted by atomic mass is 10.1. The van der Waals surface area contributed by atoms with Crippen molar-refractivity contribution in [3.05, 3.63) is 32.2 Å². The van der Waals surface area contributed by atoms with Crippen LogP contribution in [0.5, 0.6) is 0 Å². The van der Waals surface area contributed by atoms with Gasteiger partial charge in [0.25, 0.3) is 0 Å². The van der Waals surface area contributed by atoms with E-state index in [-0.39, 0.29) is 0 Å². The predicted octanol–water partition coefficient (Wildman–Crippen LogP) is 2.50. The summed E-state index contributed by atoms with van der Waals surface area (Å²) in [7, 11) is 0. The zero-order chi connectivity index (χ0) is 9.59. The fraction of sp³-hybridized carbons (Fsp3) is 0.222. The Morgan fingerprint density at radius 1 is 1.46 bits per heavy atom. The van der Waals surface area contributed by atoms with Crippen LogP contribution in [-0.2, 0) is 0 Å². The molecule has 0 spiro atoms. The molecule has 1 N–H and O–H groups in total. The second kappa shape index (κ2) is 2.73. The largest absolute Gasteiger partial charge is 0.417 e. The molecule has 1 heterocycles. The van der Waals surface area contributed by atoms with Gasteiger partial charge in [-0.1, -0.05) is 15.9 Å². The van der Waals surface area contributed by atoms with Crippen LogP contribution in [0.4, 0.5) is 0 Å². The highest BCUT2D eigenvalue weighted by molar-refractivity contribution is 9.10. The van der Waals surface area contributed by atoms with Crippen molar-refractivity contribution in [2.75, 3.05) is 0 Å². The Bertz CT molecular complexity index is 524. The number of nitrogens with one attached hydrogen (secondary N) is 1. The molecule has 13 heavy (non-hydrogen) atoms. The molecule has 0 fully saturated rings. The lowest BCUT2D eigenvalue weighted by Gasteiger charge is -2.01. The molecule has 0 amide bonds. The van der Waals surface area contributed by atoms with Crippen molar-refractivity contribution >= 4 is 27.0 Å². The van der Waals surface area contributed by atoms with Gasteiger partial charge in [0.15, 0.2) is 5.58 Å². The first kappa shape index (κ1) is 8.56. The van der Waals surface area contributed by atoms with Gasteiger partial charge in [0.1, 0.15) is 0 Å². The molecule has 2 rings (SSSR count). The van der Waals surface area contributed by atoms with E-state index in [2.05, 4.69) is 20.9 Å². The Morgan fingerprint density at radius 3 is 2.85 bits per heavy atom. The quantitative estimate of drug-likeness (QED) is 0.771. The summed E-state index contributed by atoms with van der Waals surface area (Å²) in [5, 5.41) is 0. The highest BCUT2D eigenvalue weighted by Crippen LogP contribution is 2.27. The van der Waals surface area contributed by atoms with Gasteiger partial charge in [-0.05, 0) is 31.0 Å². The minimum Gasteiger partial charge on any atom is -0.408 e. The van der Waals surface area contributed by atoms with Gasteiger partial charge >= 0.3 is 5.76 Å². The molecule has 3 nitrogen and oxygen atoms in total. The molecular weight excluding hydrogens is 234 g/mol. The fourth-order valence-electron chi connectivity index (χ4n) is 1.39. The second-order valence-electron chi connectivity index (χ2n) is 3.02. The molecule has 4 heteroatoms. The van der Waals surface area contributed by atoms with Crippen LogP contribution in [0.2, 0.25) is 0 Å². The number of rotatable bonds is 0. The first-order chi connectivity index (χ1) is 6.09. The first-order valence-corrected chi connectivity index (χ1v) is 4.67. The Balaban J connectivity index is 3.00. The van der Waals surface area contributed by atoms with Crippen LogP contribution in [0.25, 0.3) is 11.1 Å². The molecule has 0 aliphatic heterocycles. The van der Waals surface area contributed by atoms with Crippen molar-refractivity contribution < 1.29 is 4.42 Å². The summed E-state index contributed by atoms with van der Waals surface area (Å²) in [4.78, 5) is 13.6. The van der Waals surface area contributed by atoms with E-state index in [4.69, 9.17) is 4.42 Å². The number of oxazole rings is 1. The van der Waals surface area contributed by atoms with Gasteiger partial charge in [0.05, 0.1) is 5.52 Å². The van der Waals surface area contributed by atoms with Gasteiger partial charge in [-0.2, -0.15) is 0 Å². The Hall–Kier alpha value is -1.03. The third kappa shape index (κ3) is 1.21. The molecule has 0 aliphatic rings. The number of aromatic nitrogens is 1. The molecule has 1 aromatic carbocycles. The molecule has 0 unspecified atom stereocenters. The molecular formula is C9H8BrNO2. The zero-order valence-corrected chi connectivity index (χ0v) is 8.86. The SMILES string of the molecule is Cc1cc2oc(=O)[nH]c2c(C)c1Br. The van der Waals surface area contributed by atoms with Crippen LogP contribution in [0.15, 0.2) is 19.8 Å². The zero-order valence-electron chi connectivity index (χ0n) is 7.27. The summed E-state index contributed by atoms with van der Waals surface area (Å²) in [6.45, 7) is 3.90. The van der Waals surface area contributed by atoms with Crippen LogP contribution in [-0.4, -0.2) is 4.98 Å². The van der Waals surface area contributed by atoms with E-state index >= 15 is 0 Å². The van der Waals surface area contributed by atoms with E-state index < -0.39 is 5.76 Å². The standard InChI is InChI=1S/C9H8BrNO2/c1-4-3-6-8(5(2)7(4)10)11-9(12)13-6/h3H,1-2H3,(H,11,12). The topological polar surface area (TPSA) is 46.0 Å². The number of hydrogen-bond acceptors (Lipinski definition) is 2. The summed E-state index contributed by atoms with van der Waals surface area (Å²) >= 11 is 3.45. The van der Waals surface area contributed by atoms with E-state index in [0.29, 0.717) is 5.58 Å². The average molecular weight is 242 g/mol. The summed E-state index contributed by atoms with van der Waals surface area (Å²) in [6, 6.07) is 1.84. The lowest BCUT2D eigenvalue weighted by molar-refractivity contribution is 0.555. The van der Waals surface area contributed by atoms with Gasteiger partial charge < -0.3 is 4.42 Å². The van der Waals surface area contributed by atoms with Gasteiger partial charge in [-0.25, -0.2) is 4.79 Å². The minimum absolute atomic E-state index is 0.407. The van der Waals surface area contributed by atoms with Crippen molar-refractivity contribution in [3.63, 3.8) is 0 Å². The molecule has 2 aromatic rings. The molecule has 0 atom stereocenters. The summed E-state index contributed by atoms with van der Waals surface area (Å²) in [6.07, 6.45) is 0. The van der Waals surface area contributed by atoms with E-state index in [1.54, 1.807) is 0 Å². The third-order valence-electron chi connectivity index (χ3n) is 2.07. The number of fused-ring (bicyclic) bond motifs is 1. The van der Waals surface area contributed by atoms with Crippen molar-refractivity contribution in [1.29, 1.82) is 0 Å². The average Bonchev–Trinajstić information content (AvgIpc) is 2.42. The molecule has 68 valence electrons. The number of H-pyrrole nitrogens is 1. The van der Waals surface area contributed by atoms with Crippen molar-refractivity contribution in [2.24, 2.45) is 0 Å². The van der Waals surface area contributed by atoms with Gasteiger partial charge in [0, 0.05) is 4.47 Å². The van der Waals surface area contributed by atoms with E-state index in [1.165, 1.54) is 0 Å². The van der Waals surface area contributed by atoms with Crippen LogP contribution >= 0.6 is 15.9 Å². The maximum atomic E-state index is 10.9. The number of halogens is 1. The smallest absolute Gasteiger partial charge is 0.408 e. The molecule has 0 aliphatic carbocycles. The Labute approximate surface area is 82.9 Å². The predicted molar refractivity (Wildman–Crippen MR) is 54.0 cm³/mol. The van der Waals surface area contributed by atoms with E-state index in [9.17, 15) is 4.79 Å². The normalized spacial score (nSPS) is 11.0. The van der Waals surface area contributed by atoms with Crippen LogP contribution in [0, 0.1) is 13.8 Å². The maximum Gasteiger partial charge on any atom is 0.417 e. The monoisotopic (exact) mass is 241 g/mol. The van der Waals surface area contributed by atoms with Gasteiger partial charge in [-0.15, -0.1) is 0 Å². The third-order valence-corrected chi connectivity index (χ3v) is 3.29. The van der Waals surface area contributed by atoms with Crippen LogP contribution in [0.3, 0.4) is 0 Å². The summed E-state index contributed by atoms with van der Waals surface area (Å²) in [5.41, 5.74) is 3.44. The maximum absolute atomic E-state index is 10.9. The highest BCUT2D eigenvalue weighted by Gasteiger charge is 2.08. The first-order valence-electron chi connectivity index (χ1n) is 3.88. The number of aryl methyl sites for hydroxylation is 2. The van der Waals surface area contributed by atoms with Crippen molar-refractivity contribution in [1.82, 2.24) is 4.98 Å². The number of aromatic amines is 1. The summed E-state index contributed by atoms with van der Waals surface area (Å²) in [5.74, 6) is -0.407. The lowest BCUT2D eigenvalue weighted by Crippen LogP contribution is -1.93. The molecule has 0 saturated heterocycles. The number of benzene rings is 1. The van der Waals surface area contributed by atoms with Crippen LogP contribution in [0.1, 0.15) is 11.1 Å². The molecule has 1 aromatic heterocycles. The number of hydrogen-bond donors (Lipinski definition) is 1. The van der Waals surface area contributed by atoms with E-state index in [0.717, 1.165) is 21.1 Å².